The third-order valence-corrected chi connectivity index (χ3v) is 7.88. The molecule has 0 saturated heterocycles. The molecule has 0 fully saturated rings. The van der Waals surface area contributed by atoms with E-state index >= 15 is 0 Å². The minimum absolute atomic E-state index is 0.00447. The van der Waals surface area contributed by atoms with Crippen molar-refractivity contribution in [1.82, 2.24) is 13.9 Å². The second-order valence-corrected chi connectivity index (χ2v) is 10.3. The highest BCUT2D eigenvalue weighted by atomic mass is 32.2. The second-order valence-electron chi connectivity index (χ2n) is 8.53. The highest BCUT2D eigenvalue weighted by Gasteiger charge is 2.38. The quantitative estimate of drug-likeness (QED) is 0.478. The summed E-state index contributed by atoms with van der Waals surface area (Å²) < 4.78 is 30.7. The first-order valence-corrected chi connectivity index (χ1v) is 12.5. The zero-order valence-electron chi connectivity index (χ0n) is 19.2. The molecule has 2 aromatic carbocycles. The second kappa shape index (κ2) is 10.5. The van der Waals surface area contributed by atoms with Crippen molar-refractivity contribution >= 4 is 23.7 Å². The summed E-state index contributed by atoms with van der Waals surface area (Å²) in [5, 5.41) is 14.2. The molecule has 0 spiro atoms. The molecule has 0 aliphatic heterocycles. The molecule has 0 saturated carbocycles. The lowest BCUT2D eigenvalue weighted by molar-refractivity contribution is 0.131. The van der Waals surface area contributed by atoms with Crippen molar-refractivity contribution in [3.05, 3.63) is 84.1 Å². The molecule has 0 bridgehead atoms. The fourth-order valence-corrected chi connectivity index (χ4v) is 5.76. The van der Waals surface area contributed by atoms with Crippen molar-refractivity contribution in [2.45, 2.75) is 57.3 Å². The van der Waals surface area contributed by atoms with E-state index in [0.29, 0.717) is 12.6 Å². The molecule has 32 heavy (non-hydrogen) atoms. The normalized spacial score (nSPS) is 13.7. The molecule has 1 aromatic heterocycles. The van der Waals surface area contributed by atoms with Crippen LogP contribution in [0.2, 0.25) is 13.6 Å². The summed E-state index contributed by atoms with van der Waals surface area (Å²) in [6.07, 6.45) is 2.18. The SMILES string of the molecule is CB(Cc1ccccc1)N(B(C)Cc1ccccc1)S(=O)(=O)c1ccn(C(C)C(C)O)n1. The molecule has 1 heterocycles. The lowest BCUT2D eigenvalue weighted by atomic mass is 9.48. The zero-order chi connectivity index (χ0) is 23.3. The first kappa shape index (κ1) is 24.3. The fraction of sp³-hybridized carbons (Fsp3) is 0.348. The molecule has 0 aliphatic carbocycles. The number of aromatic nitrogens is 2. The van der Waals surface area contributed by atoms with Crippen molar-refractivity contribution in [2.24, 2.45) is 0 Å². The van der Waals surface area contributed by atoms with Gasteiger partial charge in [-0.2, -0.15) is 5.10 Å². The minimum atomic E-state index is -3.86. The standard InChI is InChI=1S/C23H31B2N3O3S/c1-19(20(2)29)27-16-15-23(26-27)32(30,31)28(24(3)17-21-11-7-5-8-12-21)25(4)18-22-13-9-6-10-14-22/h5-16,19-20,29H,17-18H2,1-4H3. The van der Waals surface area contributed by atoms with Crippen LogP contribution in [-0.2, 0) is 22.7 Å². The molecule has 0 amide bonds. The number of nitrogens with zero attached hydrogens (tertiary/aromatic N) is 3. The van der Waals surface area contributed by atoms with E-state index in [9.17, 15) is 13.5 Å². The molecular weight excluding hydrogens is 420 g/mol. The van der Waals surface area contributed by atoms with Crippen molar-refractivity contribution in [2.75, 3.05) is 0 Å². The molecule has 6 nitrogen and oxygen atoms in total. The number of aliphatic hydroxyl groups is 1. The number of rotatable bonds is 10. The summed E-state index contributed by atoms with van der Waals surface area (Å²) in [5.41, 5.74) is 2.17. The van der Waals surface area contributed by atoms with E-state index in [2.05, 4.69) is 5.10 Å². The molecule has 168 valence electrons. The summed E-state index contributed by atoms with van der Waals surface area (Å²) in [6.45, 7) is 6.84. The zero-order valence-corrected chi connectivity index (χ0v) is 20.0. The maximum absolute atomic E-state index is 13.8. The third kappa shape index (κ3) is 5.71. The van der Waals surface area contributed by atoms with Crippen LogP contribution in [0.5, 0.6) is 0 Å². The molecule has 9 heteroatoms. The van der Waals surface area contributed by atoms with Crippen LogP contribution in [0.4, 0.5) is 0 Å². The van der Waals surface area contributed by atoms with Gasteiger partial charge < -0.3 is 5.11 Å². The molecule has 2 atom stereocenters. The molecule has 2 unspecified atom stereocenters. The van der Waals surface area contributed by atoms with Gasteiger partial charge in [-0.3, -0.25) is 8.81 Å². The average Bonchev–Trinajstić information content (AvgIpc) is 3.25. The number of aliphatic hydroxyl groups excluding tert-OH is 1. The average molecular weight is 451 g/mol. The van der Waals surface area contributed by atoms with E-state index in [-0.39, 0.29) is 24.8 Å². The summed E-state index contributed by atoms with van der Waals surface area (Å²) in [7, 11) is -3.86. The number of benzene rings is 2. The Labute approximate surface area is 192 Å². The van der Waals surface area contributed by atoms with E-state index < -0.39 is 16.1 Å². The van der Waals surface area contributed by atoms with Crippen molar-refractivity contribution < 1.29 is 13.5 Å². The number of hydrogen-bond acceptors (Lipinski definition) is 4. The Hall–Kier alpha value is -2.35. The van der Waals surface area contributed by atoms with Crippen LogP contribution in [0, 0.1) is 0 Å². The molecule has 3 aromatic rings. The lowest BCUT2D eigenvalue weighted by Gasteiger charge is -2.30. The minimum Gasteiger partial charge on any atom is -0.391 e. The molecule has 1 N–H and O–H groups in total. The van der Waals surface area contributed by atoms with Gasteiger partial charge in [0.1, 0.15) is 0 Å². The van der Waals surface area contributed by atoms with Crippen LogP contribution < -0.4 is 0 Å². The molecule has 0 radical (unpaired) electrons. The van der Waals surface area contributed by atoms with E-state index in [0.717, 1.165) is 11.1 Å². The third-order valence-electron chi connectivity index (χ3n) is 5.86. The van der Waals surface area contributed by atoms with Crippen LogP contribution in [0.15, 0.2) is 78.0 Å². The maximum atomic E-state index is 13.8. The summed E-state index contributed by atoms with van der Waals surface area (Å²) in [4.78, 5) is 0. The highest BCUT2D eigenvalue weighted by Crippen LogP contribution is 2.22. The largest absolute Gasteiger partial charge is 0.391 e. The summed E-state index contributed by atoms with van der Waals surface area (Å²) in [6, 6.07) is 21.0. The van der Waals surface area contributed by atoms with Gasteiger partial charge in [-0.15, -0.1) is 0 Å². The van der Waals surface area contributed by atoms with Gasteiger partial charge in [-0.1, -0.05) is 85.4 Å². The van der Waals surface area contributed by atoms with Gasteiger partial charge in [0.25, 0.3) is 0 Å². The fourth-order valence-electron chi connectivity index (χ4n) is 4.01. The van der Waals surface area contributed by atoms with Gasteiger partial charge in [0.05, 0.1) is 12.1 Å². The van der Waals surface area contributed by atoms with E-state index in [1.807, 2.05) is 81.2 Å². The van der Waals surface area contributed by atoms with Gasteiger partial charge in [0.2, 0.25) is 23.7 Å². The Balaban J connectivity index is 1.94. The summed E-state index contributed by atoms with van der Waals surface area (Å²) in [5.74, 6) is 0. The molecular formula is C23H31B2N3O3S. The van der Waals surface area contributed by atoms with Crippen LogP contribution in [-0.4, -0.2) is 47.2 Å². The van der Waals surface area contributed by atoms with Crippen molar-refractivity contribution in [1.29, 1.82) is 0 Å². The Bertz CT molecular complexity index is 1040. The number of hydrogen-bond donors (Lipinski definition) is 1. The Morgan fingerprint density at radius 3 is 1.81 bits per heavy atom. The van der Waals surface area contributed by atoms with Gasteiger partial charge in [0, 0.05) is 6.20 Å². The van der Waals surface area contributed by atoms with Gasteiger partial charge in [0.15, 0.2) is 5.03 Å². The smallest absolute Gasteiger partial charge is 0.242 e. The van der Waals surface area contributed by atoms with Gasteiger partial charge in [-0.05, 0) is 32.6 Å². The Morgan fingerprint density at radius 2 is 1.38 bits per heavy atom. The van der Waals surface area contributed by atoms with Crippen molar-refractivity contribution in [3.63, 3.8) is 0 Å². The van der Waals surface area contributed by atoms with Crippen molar-refractivity contribution in [3.8, 4) is 0 Å². The molecule has 3 rings (SSSR count). The maximum Gasteiger partial charge on any atom is 0.242 e. The van der Waals surface area contributed by atoms with Crippen LogP contribution in [0.25, 0.3) is 0 Å². The topological polar surface area (TPSA) is 75.4 Å². The van der Waals surface area contributed by atoms with E-state index in [1.165, 1.54) is 10.7 Å². The van der Waals surface area contributed by atoms with Crippen LogP contribution in [0.1, 0.15) is 31.0 Å². The van der Waals surface area contributed by atoms with Gasteiger partial charge >= 0.3 is 0 Å². The first-order chi connectivity index (χ1) is 15.2. The van der Waals surface area contributed by atoms with Crippen LogP contribution >= 0.6 is 0 Å². The Morgan fingerprint density at radius 1 is 0.906 bits per heavy atom. The van der Waals surface area contributed by atoms with E-state index in [4.69, 9.17) is 0 Å². The van der Waals surface area contributed by atoms with Gasteiger partial charge in [-0.25, -0.2) is 8.42 Å². The highest BCUT2D eigenvalue weighted by molar-refractivity contribution is 7.91. The molecule has 0 aliphatic rings. The van der Waals surface area contributed by atoms with E-state index in [1.54, 1.807) is 17.2 Å². The van der Waals surface area contributed by atoms with Crippen LogP contribution in [0.3, 0.4) is 0 Å². The lowest BCUT2D eigenvalue weighted by Crippen LogP contribution is -2.52. The summed E-state index contributed by atoms with van der Waals surface area (Å²) >= 11 is 0. The Kier molecular flexibility index (Phi) is 7.98. The number of sulfonamides is 1. The predicted molar refractivity (Wildman–Crippen MR) is 131 cm³/mol. The predicted octanol–water partition coefficient (Wildman–Crippen LogP) is 3.62. The first-order valence-electron chi connectivity index (χ1n) is 11.0. The monoisotopic (exact) mass is 451 g/mol.